The van der Waals surface area contributed by atoms with Crippen molar-refractivity contribution in [1.82, 2.24) is 10.2 Å². The summed E-state index contributed by atoms with van der Waals surface area (Å²) in [5.41, 5.74) is 0.985. The van der Waals surface area contributed by atoms with Gasteiger partial charge in [0.25, 0.3) is 0 Å². The number of amides is 2. The summed E-state index contributed by atoms with van der Waals surface area (Å²) < 4.78 is 5.20. The molecule has 1 heterocycles. The Balaban J connectivity index is 2.00. The summed E-state index contributed by atoms with van der Waals surface area (Å²) in [6.45, 7) is 3.73. The first kappa shape index (κ1) is 17.3. The summed E-state index contributed by atoms with van der Waals surface area (Å²) in [6.07, 6.45) is 4.00. The molecule has 1 aliphatic rings. The maximum atomic E-state index is 12.0. The van der Waals surface area contributed by atoms with E-state index in [0.29, 0.717) is 19.6 Å². The molecule has 0 aliphatic carbocycles. The Morgan fingerprint density at radius 1 is 1.30 bits per heavy atom. The van der Waals surface area contributed by atoms with Crippen LogP contribution in [0.4, 0.5) is 4.79 Å². The number of piperidine rings is 1. The highest BCUT2D eigenvalue weighted by Gasteiger charge is 2.24. The van der Waals surface area contributed by atoms with E-state index in [-0.39, 0.29) is 11.9 Å². The van der Waals surface area contributed by atoms with Gasteiger partial charge in [0.05, 0.1) is 12.6 Å². The second-order valence-corrected chi connectivity index (χ2v) is 5.89. The zero-order chi connectivity index (χ0) is 16.5. The Morgan fingerprint density at radius 3 is 2.78 bits per heavy atom. The number of ether oxygens (including phenoxy) is 1. The summed E-state index contributed by atoms with van der Waals surface area (Å²) >= 11 is 0. The summed E-state index contributed by atoms with van der Waals surface area (Å²) in [6, 6.07) is 9.49. The molecule has 1 atom stereocenters. The van der Waals surface area contributed by atoms with Gasteiger partial charge in [0.2, 0.25) is 5.91 Å². The van der Waals surface area contributed by atoms with Crippen LogP contribution in [0.15, 0.2) is 30.3 Å². The highest BCUT2D eigenvalue weighted by Crippen LogP contribution is 2.18. The molecule has 0 aromatic heterocycles. The number of carbonyl (C=O) groups is 2. The summed E-state index contributed by atoms with van der Waals surface area (Å²) in [7, 11) is 0. The lowest BCUT2D eigenvalue weighted by molar-refractivity contribution is -0.133. The predicted octanol–water partition coefficient (Wildman–Crippen LogP) is 3.27. The molecular formula is C18H26N2O3. The topological polar surface area (TPSA) is 58.6 Å². The molecule has 1 saturated heterocycles. The van der Waals surface area contributed by atoms with E-state index >= 15 is 0 Å². The first-order valence-electron chi connectivity index (χ1n) is 8.46. The van der Waals surface area contributed by atoms with E-state index in [1.54, 1.807) is 0 Å². The molecule has 0 saturated carbocycles. The number of hydrogen-bond donors (Lipinski definition) is 1. The van der Waals surface area contributed by atoms with E-state index < -0.39 is 6.09 Å². The molecule has 23 heavy (non-hydrogen) atoms. The summed E-state index contributed by atoms with van der Waals surface area (Å²) in [5.74, 6) is 0.165. The van der Waals surface area contributed by atoms with Gasteiger partial charge in [-0.2, -0.15) is 0 Å². The third-order valence-corrected chi connectivity index (χ3v) is 4.05. The van der Waals surface area contributed by atoms with Crippen molar-refractivity contribution in [2.24, 2.45) is 0 Å². The monoisotopic (exact) mass is 318 g/mol. The number of alkyl carbamates (subject to hydrolysis) is 1. The van der Waals surface area contributed by atoms with Crippen LogP contribution in [0.2, 0.25) is 0 Å². The second kappa shape index (κ2) is 9.18. The molecular weight excluding hydrogens is 292 g/mol. The van der Waals surface area contributed by atoms with Crippen molar-refractivity contribution in [2.75, 3.05) is 19.7 Å². The van der Waals surface area contributed by atoms with Gasteiger partial charge in [0.1, 0.15) is 0 Å². The van der Waals surface area contributed by atoms with Gasteiger partial charge in [-0.3, -0.25) is 4.79 Å². The van der Waals surface area contributed by atoms with E-state index in [0.717, 1.165) is 37.8 Å². The molecule has 1 N–H and O–H groups in total. The molecule has 0 spiro atoms. The van der Waals surface area contributed by atoms with E-state index in [1.807, 2.05) is 35.2 Å². The average molecular weight is 318 g/mol. The van der Waals surface area contributed by atoms with Crippen LogP contribution in [0.5, 0.6) is 0 Å². The largest absolute Gasteiger partial charge is 0.450 e. The van der Waals surface area contributed by atoms with E-state index in [4.69, 9.17) is 4.74 Å². The van der Waals surface area contributed by atoms with E-state index in [9.17, 15) is 9.59 Å². The number of carbonyl (C=O) groups excluding carboxylic acids is 2. The average Bonchev–Trinajstić information content (AvgIpc) is 2.57. The molecule has 1 aromatic carbocycles. The molecule has 0 radical (unpaired) electrons. The van der Waals surface area contributed by atoms with Crippen LogP contribution in [-0.4, -0.2) is 36.6 Å². The molecule has 5 heteroatoms. The molecule has 126 valence electrons. The second-order valence-electron chi connectivity index (χ2n) is 5.89. The van der Waals surface area contributed by atoms with Gasteiger partial charge >= 0.3 is 6.09 Å². The van der Waals surface area contributed by atoms with Crippen LogP contribution in [0.25, 0.3) is 0 Å². The number of nitrogens with zero attached hydrogens (tertiary/aromatic N) is 1. The maximum Gasteiger partial charge on any atom is 0.407 e. The fourth-order valence-electron chi connectivity index (χ4n) is 2.69. The number of likely N-dealkylation sites (tertiary alicyclic amines) is 1. The van der Waals surface area contributed by atoms with E-state index in [2.05, 4.69) is 12.2 Å². The van der Waals surface area contributed by atoms with Gasteiger partial charge in [0.15, 0.2) is 0 Å². The SMILES string of the molecule is CCCCOC(=O)N[C@@H](CN1CCCCC1=O)c1ccccc1. The minimum Gasteiger partial charge on any atom is -0.450 e. The maximum absolute atomic E-state index is 12.0. The van der Waals surface area contributed by atoms with Crippen molar-refractivity contribution in [1.29, 1.82) is 0 Å². The van der Waals surface area contributed by atoms with Gasteiger partial charge in [-0.25, -0.2) is 4.79 Å². The zero-order valence-electron chi connectivity index (χ0n) is 13.8. The van der Waals surface area contributed by atoms with Crippen LogP contribution in [-0.2, 0) is 9.53 Å². The van der Waals surface area contributed by atoms with Crippen molar-refractivity contribution >= 4 is 12.0 Å². The first-order valence-corrected chi connectivity index (χ1v) is 8.46. The van der Waals surface area contributed by atoms with Crippen LogP contribution in [0, 0.1) is 0 Å². The fourth-order valence-corrected chi connectivity index (χ4v) is 2.69. The van der Waals surface area contributed by atoms with Gasteiger partial charge in [-0.1, -0.05) is 43.7 Å². The number of hydrogen-bond acceptors (Lipinski definition) is 3. The van der Waals surface area contributed by atoms with Gasteiger partial charge in [-0.05, 0) is 24.8 Å². The molecule has 0 bridgehead atoms. The summed E-state index contributed by atoms with van der Waals surface area (Å²) in [5, 5.41) is 2.91. The van der Waals surface area contributed by atoms with Gasteiger partial charge in [-0.15, -0.1) is 0 Å². The third kappa shape index (κ3) is 5.58. The molecule has 1 aliphatic heterocycles. The molecule has 1 fully saturated rings. The highest BCUT2D eigenvalue weighted by molar-refractivity contribution is 5.77. The standard InChI is InChI=1S/C18H26N2O3/c1-2-3-13-23-18(22)19-16(15-9-5-4-6-10-15)14-20-12-8-7-11-17(20)21/h4-6,9-10,16H,2-3,7-8,11-14H2,1H3,(H,19,22)/t16-/m0/s1. The molecule has 1 aromatic rings. The molecule has 2 amide bonds. The van der Waals surface area contributed by atoms with Gasteiger partial charge in [0, 0.05) is 19.5 Å². The number of benzene rings is 1. The number of nitrogens with one attached hydrogen (secondary N) is 1. The minimum absolute atomic E-state index is 0.165. The van der Waals surface area contributed by atoms with Crippen LogP contribution in [0.3, 0.4) is 0 Å². The normalized spacial score (nSPS) is 16.0. The van der Waals surface area contributed by atoms with Crippen molar-refractivity contribution < 1.29 is 14.3 Å². The number of rotatable bonds is 7. The van der Waals surface area contributed by atoms with Crippen molar-refractivity contribution in [2.45, 2.75) is 45.1 Å². The quantitative estimate of drug-likeness (QED) is 0.785. The molecule has 5 nitrogen and oxygen atoms in total. The lowest BCUT2D eigenvalue weighted by Gasteiger charge is -2.31. The fraction of sp³-hybridized carbons (Fsp3) is 0.556. The van der Waals surface area contributed by atoms with E-state index in [1.165, 1.54) is 0 Å². The molecule has 2 rings (SSSR count). The Bertz CT molecular complexity index is 504. The van der Waals surface area contributed by atoms with Crippen LogP contribution >= 0.6 is 0 Å². The van der Waals surface area contributed by atoms with Gasteiger partial charge < -0.3 is 15.0 Å². The Kier molecular flexibility index (Phi) is 6.91. The Morgan fingerprint density at radius 2 is 2.09 bits per heavy atom. The predicted molar refractivity (Wildman–Crippen MR) is 89.0 cm³/mol. The highest BCUT2D eigenvalue weighted by atomic mass is 16.5. The Labute approximate surface area is 138 Å². The smallest absolute Gasteiger partial charge is 0.407 e. The number of unbranched alkanes of at least 4 members (excludes halogenated alkanes) is 1. The van der Waals surface area contributed by atoms with Crippen LogP contribution in [0.1, 0.15) is 50.6 Å². The van der Waals surface area contributed by atoms with Crippen molar-refractivity contribution in [3.8, 4) is 0 Å². The van der Waals surface area contributed by atoms with Crippen molar-refractivity contribution in [3.63, 3.8) is 0 Å². The van der Waals surface area contributed by atoms with Crippen LogP contribution < -0.4 is 5.32 Å². The zero-order valence-corrected chi connectivity index (χ0v) is 13.8. The summed E-state index contributed by atoms with van der Waals surface area (Å²) in [4.78, 5) is 25.9. The third-order valence-electron chi connectivity index (χ3n) is 4.05. The lowest BCUT2D eigenvalue weighted by Crippen LogP contribution is -2.43. The minimum atomic E-state index is -0.420. The van der Waals surface area contributed by atoms with Crippen molar-refractivity contribution in [3.05, 3.63) is 35.9 Å². The lowest BCUT2D eigenvalue weighted by atomic mass is 10.0. The Hall–Kier alpha value is -2.04. The molecule has 0 unspecified atom stereocenters. The first-order chi connectivity index (χ1) is 11.2.